The van der Waals surface area contributed by atoms with E-state index in [2.05, 4.69) is 23.3 Å². The molecule has 1 fully saturated rings. The number of Topliss-reactive ketones (excluding diaryl/α,β-unsaturated/α-hetero) is 1. The number of aromatic nitrogens is 1. The molecule has 0 unspecified atom stereocenters. The van der Waals surface area contributed by atoms with Crippen molar-refractivity contribution < 1.29 is 14.3 Å². The largest absolute Gasteiger partial charge is 0.497 e. The van der Waals surface area contributed by atoms with E-state index in [1.54, 1.807) is 7.11 Å². The smallest absolute Gasteiger partial charge is 0.243 e. The summed E-state index contributed by atoms with van der Waals surface area (Å²) in [6.45, 7) is 4.71. The Hall–Kier alpha value is -2.30. The van der Waals surface area contributed by atoms with Crippen LogP contribution in [-0.4, -0.2) is 40.4 Å². The van der Waals surface area contributed by atoms with Crippen molar-refractivity contribution in [3.8, 4) is 5.75 Å². The molecule has 1 aromatic carbocycles. The highest BCUT2D eigenvalue weighted by molar-refractivity contribution is 6.10. The van der Waals surface area contributed by atoms with E-state index in [0.717, 1.165) is 79.3 Å². The average molecular weight is 411 g/mol. The topological polar surface area (TPSA) is 51.5 Å². The number of carbonyl (C=O) groups excluding carboxylic acids is 2. The van der Waals surface area contributed by atoms with Crippen LogP contribution < -0.4 is 4.74 Å². The summed E-state index contributed by atoms with van der Waals surface area (Å²) in [4.78, 5) is 28.6. The van der Waals surface area contributed by atoms with Crippen LogP contribution in [0.15, 0.2) is 18.2 Å². The molecule has 0 saturated carbocycles. The third-order valence-corrected chi connectivity index (χ3v) is 6.92. The van der Waals surface area contributed by atoms with Gasteiger partial charge in [0.25, 0.3) is 0 Å². The fourth-order valence-corrected chi connectivity index (χ4v) is 5.62. The molecule has 5 nitrogen and oxygen atoms in total. The normalized spacial score (nSPS) is 21.3. The molecule has 0 N–H and O–H groups in total. The van der Waals surface area contributed by atoms with Gasteiger partial charge in [0.1, 0.15) is 12.3 Å². The van der Waals surface area contributed by atoms with Crippen molar-refractivity contribution in [3.63, 3.8) is 0 Å². The van der Waals surface area contributed by atoms with E-state index in [0.29, 0.717) is 25.0 Å². The third kappa shape index (κ3) is 3.63. The van der Waals surface area contributed by atoms with Crippen LogP contribution in [0, 0.1) is 0 Å². The number of hydrogen-bond acceptors (Lipinski definition) is 3. The molecule has 1 saturated heterocycles. The van der Waals surface area contributed by atoms with E-state index in [-0.39, 0.29) is 11.7 Å². The van der Waals surface area contributed by atoms with Crippen molar-refractivity contribution in [2.75, 3.05) is 7.11 Å². The van der Waals surface area contributed by atoms with Crippen molar-refractivity contribution in [1.82, 2.24) is 9.47 Å². The second-order valence-electron chi connectivity index (χ2n) is 8.83. The lowest BCUT2D eigenvalue weighted by molar-refractivity contribution is -0.135. The van der Waals surface area contributed by atoms with Crippen LogP contribution >= 0.6 is 0 Å². The zero-order chi connectivity index (χ0) is 21.3. The zero-order valence-electron chi connectivity index (χ0n) is 18.6. The Labute approximate surface area is 179 Å². The van der Waals surface area contributed by atoms with Crippen molar-refractivity contribution in [3.05, 3.63) is 29.5 Å². The first kappa shape index (κ1) is 21.0. The number of fused-ring (bicyclic) bond motifs is 3. The summed E-state index contributed by atoms with van der Waals surface area (Å²) >= 11 is 0. The van der Waals surface area contributed by atoms with Crippen molar-refractivity contribution in [1.29, 1.82) is 0 Å². The second-order valence-corrected chi connectivity index (χ2v) is 8.83. The predicted octanol–water partition coefficient (Wildman–Crippen LogP) is 5.13. The van der Waals surface area contributed by atoms with E-state index in [1.807, 2.05) is 18.2 Å². The number of carbonyl (C=O) groups is 2. The van der Waals surface area contributed by atoms with Gasteiger partial charge in [-0.3, -0.25) is 9.59 Å². The predicted molar refractivity (Wildman–Crippen MR) is 119 cm³/mol. The molecular weight excluding hydrogens is 376 g/mol. The van der Waals surface area contributed by atoms with Gasteiger partial charge in [0.05, 0.1) is 12.6 Å². The number of ether oxygens (including phenoxy) is 1. The van der Waals surface area contributed by atoms with Gasteiger partial charge >= 0.3 is 0 Å². The number of benzene rings is 1. The highest BCUT2D eigenvalue weighted by Gasteiger charge is 2.36. The van der Waals surface area contributed by atoms with Crippen molar-refractivity contribution >= 4 is 22.6 Å². The molecule has 2 aliphatic rings. The van der Waals surface area contributed by atoms with Gasteiger partial charge in [-0.05, 0) is 50.7 Å². The molecule has 4 rings (SSSR count). The number of hydrogen-bond donors (Lipinski definition) is 0. The fourth-order valence-electron chi connectivity index (χ4n) is 5.62. The van der Waals surface area contributed by atoms with Gasteiger partial charge in [0.15, 0.2) is 5.78 Å². The maximum atomic E-state index is 13.6. The van der Waals surface area contributed by atoms with E-state index < -0.39 is 0 Å². The first-order valence-corrected chi connectivity index (χ1v) is 11.6. The maximum Gasteiger partial charge on any atom is 0.243 e. The molecule has 2 heterocycles. The summed E-state index contributed by atoms with van der Waals surface area (Å²) in [5.74, 6) is 1.16. The summed E-state index contributed by atoms with van der Waals surface area (Å²) in [7, 11) is 1.65. The number of nitrogens with zero attached hydrogens (tertiary/aromatic N) is 2. The molecule has 5 heteroatoms. The molecule has 1 amide bonds. The Balaban J connectivity index is 1.73. The Kier molecular flexibility index (Phi) is 6.16. The molecule has 1 aromatic heterocycles. The SMILES string of the molecule is CCC[C@H]1CC[C@H](CCC)N1C(=O)Cn1c2c(c3ccc(OC)cc31)C(=O)CCC2. The van der Waals surface area contributed by atoms with Crippen LogP contribution in [0.1, 0.15) is 81.3 Å². The fraction of sp³-hybridized carbons (Fsp3) is 0.600. The Bertz CT molecular complexity index is 932. The lowest BCUT2D eigenvalue weighted by Gasteiger charge is -2.31. The molecule has 162 valence electrons. The minimum Gasteiger partial charge on any atom is -0.497 e. The van der Waals surface area contributed by atoms with Gasteiger partial charge in [0, 0.05) is 41.2 Å². The molecule has 30 heavy (non-hydrogen) atoms. The van der Waals surface area contributed by atoms with E-state index in [4.69, 9.17) is 4.74 Å². The van der Waals surface area contributed by atoms with E-state index in [9.17, 15) is 9.59 Å². The monoisotopic (exact) mass is 410 g/mol. The van der Waals surface area contributed by atoms with E-state index in [1.165, 1.54) is 0 Å². The lowest BCUT2D eigenvalue weighted by Crippen LogP contribution is -2.43. The Morgan fingerprint density at radius 3 is 2.43 bits per heavy atom. The summed E-state index contributed by atoms with van der Waals surface area (Å²) in [6, 6.07) is 6.57. The standard InChI is InChI=1S/C25H34N2O3/c1-4-7-17-11-12-18(8-5-2)27(17)24(29)16-26-21-9-6-10-23(28)25(21)20-14-13-19(30-3)15-22(20)26/h13-15,17-18H,4-12,16H2,1-3H3/t17-,18-/m0/s1. The first-order chi connectivity index (χ1) is 14.6. The Morgan fingerprint density at radius 1 is 1.10 bits per heavy atom. The summed E-state index contributed by atoms with van der Waals surface area (Å²) in [5, 5.41) is 0.958. The van der Waals surface area contributed by atoms with Gasteiger partial charge in [-0.15, -0.1) is 0 Å². The van der Waals surface area contributed by atoms with Crippen LogP contribution in [-0.2, 0) is 17.8 Å². The van der Waals surface area contributed by atoms with Crippen LogP contribution in [0.25, 0.3) is 10.9 Å². The minimum atomic E-state index is 0.199. The van der Waals surface area contributed by atoms with Crippen molar-refractivity contribution in [2.45, 2.75) is 90.3 Å². The summed E-state index contributed by atoms with van der Waals surface area (Å²) < 4.78 is 7.55. The van der Waals surface area contributed by atoms with Crippen LogP contribution in [0.5, 0.6) is 5.75 Å². The van der Waals surface area contributed by atoms with Crippen LogP contribution in [0.3, 0.4) is 0 Å². The second kappa shape index (κ2) is 8.83. The molecule has 2 aromatic rings. The highest BCUT2D eigenvalue weighted by Crippen LogP contribution is 2.35. The third-order valence-electron chi connectivity index (χ3n) is 6.92. The number of rotatable bonds is 7. The Morgan fingerprint density at radius 2 is 1.80 bits per heavy atom. The molecule has 0 spiro atoms. The maximum absolute atomic E-state index is 13.6. The first-order valence-electron chi connectivity index (χ1n) is 11.6. The van der Waals surface area contributed by atoms with Gasteiger partial charge < -0.3 is 14.2 Å². The lowest BCUT2D eigenvalue weighted by atomic mass is 9.94. The molecule has 1 aliphatic carbocycles. The zero-order valence-corrected chi connectivity index (χ0v) is 18.6. The molecule has 2 atom stereocenters. The number of methoxy groups -OCH3 is 1. The minimum absolute atomic E-state index is 0.199. The van der Waals surface area contributed by atoms with Gasteiger partial charge in [-0.2, -0.15) is 0 Å². The van der Waals surface area contributed by atoms with Crippen LogP contribution in [0.4, 0.5) is 0 Å². The van der Waals surface area contributed by atoms with Crippen molar-refractivity contribution in [2.24, 2.45) is 0 Å². The van der Waals surface area contributed by atoms with Gasteiger partial charge in [0.2, 0.25) is 5.91 Å². The summed E-state index contributed by atoms with van der Waals surface area (Å²) in [5.41, 5.74) is 2.80. The van der Waals surface area contributed by atoms with Gasteiger partial charge in [-0.25, -0.2) is 0 Å². The summed E-state index contributed by atoms with van der Waals surface area (Å²) in [6.07, 6.45) is 8.86. The quantitative estimate of drug-likeness (QED) is 0.636. The molecular formula is C25H34N2O3. The number of ketones is 1. The number of likely N-dealkylation sites (tertiary alicyclic amines) is 1. The molecule has 0 radical (unpaired) electrons. The van der Waals surface area contributed by atoms with Crippen LogP contribution in [0.2, 0.25) is 0 Å². The highest BCUT2D eigenvalue weighted by atomic mass is 16.5. The molecule has 1 aliphatic heterocycles. The van der Waals surface area contributed by atoms with Gasteiger partial charge in [-0.1, -0.05) is 26.7 Å². The molecule has 0 bridgehead atoms. The van der Waals surface area contributed by atoms with E-state index >= 15 is 0 Å². The average Bonchev–Trinajstić information content (AvgIpc) is 3.28. The number of amides is 1.